The molecule has 2 rings (SSSR count). The van der Waals surface area contributed by atoms with Crippen LogP contribution in [-0.4, -0.2) is 32.8 Å². The number of hydrogen-bond acceptors (Lipinski definition) is 5. The van der Waals surface area contributed by atoms with Gasteiger partial charge in [-0.25, -0.2) is 4.39 Å². The highest BCUT2D eigenvalue weighted by Crippen LogP contribution is 2.36. The zero-order chi connectivity index (χ0) is 19.1. The SMILES string of the molecule is COc1cc(C)ccc1Oc1ccc(F)cc1NC(=O)CC(CN)OC.Cl. The van der Waals surface area contributed by atoms with E-state index in [9.17, 15) is 9.18 Å². The molecule has 3 N–H and O–H groups in total. The molecule has 0 aliphatic rings. The van der Waals surface area contributed by atoms with Crippen LogP contribution in [0.3, 0.4) is 0 Å². The molecule has 2 aromatic carbocycles. The number of nitrogens with two attached hydrogens (primary N) is 1. The summed E-state index contributed by atoms with van der Waals surface area (Å²) in [5, 5.41) is 2.64. The fourth-order valence-corrected chi connectivity index (χ4v) is 2.34. The molecular weight excluding hydrogens is 375 g/mol. The minimum Gasteiger partial charge on any atom is -0.493 e. The van der Waals surface area contributed by atoms with Crippen LogP contribution in [0, 0.1) is 12.7 Å². The summed E-state index contributed by atoms with van der Waals surface area (Å²) in [6.07, 6.45) is -0.360. The van der Waals surface area contributed by atoms with Gasteiger partial charge in [0.25, 0.3) is 0 Å². The average Bonchev–Trinajstić information content (AvgIpc) is 2.63. The molecule has 0 spiro atoms. The van der Waals surface area contributed by atoms with E-state index in [1.165, 1.54) is 32.4 Å². The first-order valence-electron chi connectivity index (χ1n) is 8.11. The van der Waals surface area contributed by atoms with Crippen LogP contribution in [0.2, 0.25) is 0 Å². The number of aryl methyl sites for hydroxylation is 1. The van der Waals surface area contributed by atoms with Crippen molar-refractivity contribution < 1.29 is 23.4 Å². The van der Waals surface area contributed by atoms with E-state index in [4.69, 9.17) is 19.9 Å². The van der Waals surface area contributed by atoms with Crippen LogP contribution in [0.1, 0.15) is 12.0 Å². The number of methoxy groups -OCH3 is 2. The van der Waals surface area contributed by atoms with Crippen molar-refractivity contribution in [1.82, 2.24) is 0 Å². The molecule has 0 fully saturated rings. The van der Waals surface area contributed by atoms with Crippen LogP contribution >= 0.6 is 12.4 Å². The number of benzene rings is 2. The van der Waals surface area contributed by atoms with Crippen LogP contribution in [0.4, 0.5) is 10.1 Å². The third-order valence-corrected chi connectivity index (χ3v) is 3.76. The predicted molar refractivity (Wildman–Crippen MR) is 105 cm³/mol. The third-order valence-electron chi connectivity index (χ3n) is 3.76. The van der Waals surface area contributed by atoms with Gasteiger partial charge in [-0.2, -0.15) is 0 Å². The summed E-state index contributed by atoms with van der Waals surface area (Å²) in [6.45, 7) is 2.14. The topological polar surface area (TPSA) is 82.8 Å². The fraction of sp³-hybridized carbons (Fsp3) is 0.316. The van der Waals surface area contributed by atoms with E-state index in [2.05, 4.69) is 5.32 Å². The first-order valence-corrected chi connectivity index (χ1v) is 8.11. The van der Waals surface area contributed by atoms with Crippen LogP contribution in [-0.2, 0) is 9.53 Å². The molecule has 0 saturated carbocycles. The van der Waals surface area contributed by atoms with E-state index in [1.807, 2.05) is 19.1 Å². The highest BCUT2D eigenvalue weighted by Gasteiger charge is 2.16. The van der Waals surface area contributed by atoms with Gasteiger partial charge in [0.05, 0.1) is 25.3 Å². The smallest absolute Gasteiger partial charge is 0.227 e. The van der Waals surface area contributed by atoms with E-state index in [0.29, 0.717) is 17.2 Å². The number of hydrogen-bond donors (Lipinski definition) is 2. The lowest BCUT2D eigenvalue weighted by molar-refractivity contribution is -0.118. The molecule has 8 heteroatoms. The maximum atomic E-state index is 13.7. The van der Waals surface area contributed by atoms with Gasteiger partial charge in [-0.15, -0.1) is 12.4 Å². The lowest BCUT2D eigenvalue weighted by Crippen LogP contribution is -2.28. The highest BCUT2D eigenvalue weighted by molar-refractivity contribution is 5.92. The van der Waals surface area contributed by atoms with Gasteiger partial charge in [-0.3, -0.25) is 4.79 Å². The maximum absolute atomic E-state index is 13.7. The number of carbonyl (C=O) groups is 1. The van der Waals surface area contributed by atoms with Crippen LogP contribution < -0.4 is 20.5 Å². The van der Waals surface area contributed by atoms with Crippen LogP contribution in [0.25, 0.3) is 0 Å². The Morgan fingerprint density at radius 1 is 1.15 bits per heavy atom. The van der Waals surface area contributed by atoms with Gasteiger partial charge in [0.15, 0.2) is 17.2 Å². The summed E-state index contributed by atoms with van der Waals surface area (Å²) in [5.74, 6) is 0.439. The first kappa shape index (κ1) is 22.7. The zero-order valence-electron chi connectivity index (χ0n) is 15.5. The molecule has 2 aromatic rings. The normalized spacial score (nSPS) is 11.3. The lowest BCUT2D eigenvalue weighted by Gasteiger charge is -2.16. The number of rotatable bonds is 8. The number of nitrogens with one attached hydrogen (secondary N) is 1. The van der Waals surface area contributed by atoms with Crippen molar-refractivity contribution in [2.75, 3.05) is 26.1 Å². The van der Waals surface area contributed by atoms with Crippen molar-refractivity contribution in [2.24, 2.45) is 5.73 Å². The molecule has 27 heavy (non-hydrogen) atoms. The molecule has 0 bridgehead atoms. The van der Waals surface area contributed by atoms with Crippen LogP contribution in [0.5, 0.6) is 17.2 Å². The molecule has 1 unspecified atom stereocenters. The Balaban J connectivity index is 0.00000364. The molecule has 1 atom stereocenters. The average molecular weight is 399 g/mol. The Morgan fingerprint density at radius 2 is 1.85 bits per heavy atom. The molecule has 0 radical (unpaired) electrons. The van der Waals surface area contributed by atoms with Crippen molar-refractivity contribution in [1.29, 1.82) is 0 Å². The van der Waals surface area contributed by atoms with Crippen molar-refractivity contribution in [2.45, 2.75) is 19.4 Å². The number of amides is 1. The van der Waals surface area contributed by atoms with Gasteiger partial charge in [-0.1, -0.05) is 6.07 Å². The summed E-state index contributed by atoms with van der Waals surface area (Å²) in [4.78, 5) is 12.2. The molecule has 1 amide bonds. The van der Waals surface area contributed by atoms with E-state index in [-0.39, 0.29) is 37.0 Å². The van der Waals surface area contributed by atoms with Gasteiger partial charge >= 0.3 is 0 Å². The van der Waals surface area contributed by atoms with E-state index < -0.39 is 11.9 Å². The second-order valence-electron chi connectivity index (χ2n) is 5.74. The summed E-state index contributed by atoms with van der Waals surface area (Å²) in [7, 11) is 3.01. The summed E-state index contributed by atoms with van der Waals surface area (Å²) < 4.78 is 29.9. The quantitative estimate of drug-likeness (QED) is 0.709. The molecule has 0 aromatic heterocycles. The molecule has 6 nitrogen and oxygen atoms in total. The zero-order valence-corrected chi connectivity index (χ0v) is 16.3. The minimum atomic E-state index is -0.495. The second-order valence-corrected chi connectivity index (χ2v) is 5.74. The second kappa shape index (κ2) is 10.7. The van der Waals surface area contributed by atoms with Gasteiger partial charge in [0.1, 0.15) is 5.82 Å². The van der Waals surface area contributed by atoms with E-state index in [0.717, 1.165) is 5.56 Å². The largest absolute Gasteiger partial charge is 0.493 e. The van der Waals surface area contributed by atoms with Crippen molar-refractivity contribution >= 4 is 24.0 Å². The Morgan fingerprint density at radius 3 is 2.48 bits per heavy atom. The number of ether oxygens (including phenoxy) is 3. The van der Waals surface area contributed by atoms with Gasteiger partial charge in [0, 0.05) is 19.7 Å². The fourth-order valence-electron chi connectivity index (χ4n) is 2.34. The Labute approximate surface area is 164 Å². The molecule has 0 heterocycles. The van der Waals surface area contributed by atoms with E-state index >= 15 is 0 Å². The summed E-state index contributed by atoms with van der Waals surface area (Å²) >= 11 is 0. The molecule has 0 aliphatic carbocycles. The van der Waals surface area contributed by atoms with Crippen molar-refractivity contribution in [3.63, 3.8) is 0 Å². The third kappa shape index (κ3) is 6.39. The maximum Gasteiger partial charge on any atom is 0.227 e. The first-order chi connectivity index (χ1) is 12.5. The molecule has 148 valence electrons. The summed E-state index contributed by atoms with van der Waals surface area (Å²) in [5.41, 5.74) is 6.74. The van der Waals surface area contributed by atoms with Gasteiger partial charge in [-0.05, 0) is 36.8 Å². The Kier molecular flexibility index (Phi) is 9.00. The number of carbonyl (C=O) groups excluding carboxylic acids is 1. The number of halogens is 2. The predicted octanol–water partition coefficient (Wildman–Crippen LogP) is 3.66. The van der Waals surface area contributed by atoms with Gasteiger partial charge < -0.3 is 25.3 Å². The Hall–Kier alpha value is -2.35. The van der Waals surface area contributed by atoms with Crippen LogP contribution in [0.15, 0.2) is 36.4 Å². The molecule has 0 saturated heterocycles. The minimum absolute atomic E-state index is 0. The standard InChI is InChI=1S/C19H23FN2O4.ClH/c1-12-4-6-17(18(8-12)25-3)26-16-7-5-13(20)9-15(16)22-19(23)10-14(11-21)24-2;/h4-9,14H,10-11,21H2,1-3H3,(H,22,23);1H. The Bertz CT molecular complexity index is 769. The van der Waals surface area contributed by atoms with E-state index in [1.54, 1.807) is 6.07 Å². The molecule has 0 aliphatic heterocycles. The van der Waals surface area contributed by atoms with Gasteiger partial charge in [0.2, 0.25) is 5.91 Å². The molecular formula is C19H24ClFN2O4. The van der Waals surface area contributed by atoms with Crippen molar-refractivity contribution in [3.8, 4) is 17.2 Å². The van der Waals surface area contributed by atoms with Crippen molar-refractivity contribution in [3.05, 3.63) is 47.8 Å². The summed E-state index contributed by atoms with van der Waals surface area (Å²) in [6, 6.07) is 9.33. The highest BCUT2D eigenvalue weighted by atomic mass is 35.5. The number of anilines is 1. The monoisotopic (exact) mass is 398 g/mol. The lowest BCUT2D eigenvalue weighted by atomic mass is 10.2.